The second-order valence-corrected chi connectivity index (χ2v) is 6.54. The van der Waals surface area contributed by atoms with Crippen LogP contribution in [-0.2, 0) is 11.3 Å². The molecule has 114 valence electrons. The molecule has 3 rings (SSSR count). The Morgan fingerprint density at radius 1 is 1.43 bits per heavy atom. The van der Waals surface area contributed by atoms with Crippen molar-refractivity contribution in [2.45, 2.75) is 26.3 Å². The Kier molecular flexibility index (Phi) is 4.15. The minimum Gasteiger partial charge on any atom is -0.508 e. The Morgan fingerprint density at radius 3 is 2.76 bits per heavy atom. The molecule has 2 fully saturated rings. The quantitative estimate of drug-likeness (QED) is 0.841. The van der Waals surface area contributed by atoms with E-state index in [0.717, 1.165) is 25.2 Å². The molecule has 1 aromatic carbocycles. The van der Waals surface area contributed by atoms with Gasteiger partial charge in [0.1, 0.15) is 5.75 Å². The lowest BCUT2D eigenvalue weighted by Crippen LogP contribution is -2.50. The molecule has 1 aliphatic heterocycles. The van der Waals surface area contributed by atoms with Crippen molar-refractivity contribution in [2.75, 3.05) is 19.6 Å². The molecule has 4 nitrogen and oxygen atoms in total. The maximum atomic E-state index is 12.8. The van der Waals surface area contributed by atoms with E-state index in [9.17, 15) is 9.90 Å². The number of hydrogen-bond donors (Lipinski definition) is 2. The van der Waals surface area contributed by atoms with E-state index >= 15 is 0 Å². The van der Waals surface area contributed by atoms with Crippen LogP contribution in [0.1, 0.15) is 25.3 Å². The molecule has 1 unspecified atom stereocenters. The largest absolute Gasteiger partial charge is 0.508 e. The average Bonchev–Trinajstić information content (AvgIpc) is 3.19. The van der Waals surface area contributed by atoms with Crippen LogP contribution in [0.25, 0.3) is 0 Å². The molecule has 0 radical (unpaired) electrons. The third-order valence-electron chi connectivity index (χ3n) is 4.68. The van der Waals surface area contributed by atoms with Gasteiger partial charge in [-0.1, -0.05) is 19.1 Å². The van der Waals surface area contributed by atoms with Gasteiger partial charge >= 0.3 is 0 Å². The third kappa shape index (κ3) is 3.56. The number of carbonyl (C=O) groups is 1. The number of hydrogen-bond acceptors (Lipinski definition) is 3. The van der Waals surface area contributed by atoms with Gasteiger partial charge in [-0.05, 0) is 55.5 Å². The number of phenols is 1. The summed E-state index contributed by atoms with van der Waals surface area (Å²) in [6, 6.07) is 7.23. The Balaban J connectivity index is 1.68. The highest BCUT2D eigenvalue weighted by Gasteiger charge is 2.34. The maximum Gasteiger partial charge on any atom is 0.226 e. The normalized spacial score (nSPS) is 19.9. The van der Waals surface area contributed by atoms with Crippen molar-refractivity contribution in [3.8, 4) is 5.75 Å². The van der Waals surface area contributed by atoms with Gasteiger partial charge in [-0.3, -0.25) is 4.79 Å². The minimum absolute atomic E-state index is 0.0855. The number of aromatic hydroxyl groups is 1. The Bertz CT molecular complexity index is 509. The van der Waals surface area contributed by atoms with Crippen LogP contribution in [0.4, 0.5) is 0 Å². The summed E-state index contributed by atoms with van der Waals surface area (Å²) >= 11 is 0. The Labute approximate surface area is 126 Å². The van der Waals surface area contributed by atoms with Crippen LogP contribution in [0.15, 0.2) is 24.3 Å². The van der Waals surface area contributed by atoms with Crippen LogP contribution >= 0.6 is 0 Å². The van der Waals surface area contributed by atoms with Crippen molar-refractivity contribution in [3.63, 3.8) is 0 Å². The van der Waals surface area contributed by atoms with Crippen molar-refractivity contribution in [2.24, 2.45) is 17.8 Å². The second kappa shape index (κ2) is 6.06. The molecule has 1 atom stereocenters. The van der Waals surface area contributed by atoms with Crippen LogP contribution in [0.2, 0.25) is 0 Å². The first-order valence-electron chi connectivity index (χ1n) is 7.91. The van der Waals surface area contributed by atoms with E-state index in [-0.39, 0.29) is 17.6 Å². The molecule has 0 bridgehead atoms. The van der Waals surface area contributed by atoms with Crippen molar-refractivity contribution in [1.29, 1.82) is 0 Å². The molecule has 0 aromatic heterocycles. The maximum absolute atomic E-state index is 12.8. The summed E-state index contributed by atoms with van der Waals surface area (Å²) < 4.78 is 0. The molecule has 2 N–H and O–H groups in total. The fraction of sp³-hybridized carbons (Fsp3) is 0.588. The zero-order valence-electron chi connectivity index (χ0n) is 12.6. The molecule has 1 aliphatic carbocycles. The molecule has 4 heteroatoms. The van der Waals surface area contributed by atoms with Gasteiger partial charge in [-0.2, -0.15) is 0 Å². The highest BCUT2D eigenvalue weighted by Crippen LogP contribution is 2.31. The van der Waals surface area contributed by atoms with Gasteiger partial charge in [-0.25, -0.2) is 0 Å². The van der Waals surface area contributed by atoms with E-state index in [0.29, 0.717) is 18.4 Å². The number of nitrogens with zero attached hydrogens (tertiary/aromatic N) is 1. The average molecular weight is 288 g/mol. The first-order valence-corrected chi connectivity index (χ1v) is 7.91. The van der Waals surface area contributed by atoms with E-state index in [1.165, 1.54) is 12.8 Å². The Hall–Kier alpha value is -1.55. The summed E-state index contributed by atoms with van der Waals surface area (Å²) in [5.41, 5.74) is 1.00. The fourth-order valence-electron chi connectivity index (χ4n) is 2.87. The molecule has 1 aromatic rings. The first kappa shape index (κ1) is 14.4. The van der Waals surface area contributed by atoms with E-state index < -0.39 is 0 Å². The number of carbonyl (C=O) groups excluding carboxylic acids is 1. The fourth-order valence-corrected chi connectivity index (χ4v) is 2.87. The lowest BCUT2D eigenvalue weighted by atomic mass is 9.87. The van der Waals surface area contributed by atoms with Gasteiger partial charge in [0, 0.05) is 19.0 Å². The number of phenolic OH excluding ortho intramolecular Hbond substituents is 1. The van der Waals surface area contributed by atoms with E-state index in [2.05, 4.69) is 12.2 Å². The van der Waals surface area contributed by atoms with E-state index in [1.54, 1.807) is 12.1 Å². The van der Waals surface area contributed by atoms with Crippen molar-refractivity contribution < 1.29 is 9.90 Å². The second-order valence-electron chi connectivity index (χ2n) is 6.54. The molecule has 1 saturated heterocycles. The summed E-state index contributed by atoms with van der Waals surface area (Å²) in [6.07, 6.45) is 2.48. The summed E-state index contributed by atoms with van der Waals surface area (Å²) in [7, 11) is 0. The molecule has 0 spiro atoms. The predicted molar refractivity (Wildman–Crippen MR) is 81.8 cm³/mol. The molecular weight excluding hydrogens is 264 g/mol. The summed E-state index contributed by atoms with van der Waals surface area (Å²) in [4.78, 5) is 14.8. The van der Waals surface area contributed by atoms with Crippen LogP contribution in [0, 0.1) is 17.8 Å². The standard InChI is InChI=1S/C17H24N2O2/c1-12(15-8-18-9-15)17(21)19(10-13-5-6-13)11-14-3-2-4-16(20)7-14/h2-4,7,12-13,15,18,20H,5-6,8-11H2,1H3. The third-order valence-corrected chi connectivity index (χ3v) is 4.68. The first-order chi connectivity index (χ1) is 10.1. The van der Waals surface area contributed by atoms with Crippen LogP contribution in [0.3, 0.4) is 0 Å². The molecule has 1 heterocycles. The lowest BCUT2D eigenvalue weighted by Gasteiger charge is -2.35. The van der Waals surface area contributed by atoms with Gasteiger partial charge < -0.3 is 15.3 Å². The zero-order valence-corrected chi connectivity index (χ0v) is 12.6. The highest BCUT2D eigenvalue weighted by molar-refractivity contribution is 5.79. The molecular formula is C17H24N2O2. The highest BCUT2D eigenvalue weighted by atomic mass is 16.3. The Morgan fingerprint density at radius 2 is 2.19 bits per heavy atom. The van der Waals surface area contributed by atoms with Gasteiger partial charge in [0.15, 0.2) is 0 Å². The number of nitrogens with one attached hydrogen (secondary N) is 1. The van der Waals surface area contributed by atoms with Crippen LogP contribution in [0.5, 0.6) is 5.75 Å². The SMILES string of the molecule is CC(C(=O)N(Cc1cccc(O)c1)CC1CC1)C1CNC1. The van der Waals surface area contributed by atoms with Crippen molar-refractivity contribution >= 4 is 5.91 Å². The van der Waals surface area contributed by atoms with Gasteiger partial charge in [0.25, 0.3) is 0 Å². The minimum atomic E-state index is 0.0855. The van der Waals surface area contributed by atoms with Gasteiger partial charge in [0.2, 0.25) is 5.91 Å². The number of amides is 1. The molecule has 21 heavy (non-hydrogen) atoms. The van der Waals surface area contributed by atoms with Gasteiger partial charge in [-0.15, -0.1) is 0 Å². The topological polar surface area (TPSA) is 52.6 Å². The molecule has 1 saturated carbocycles. The molecule has 1 amide bonds. The van der Waals surface area contributed by atoms with E-state index in [1.807, 2.05) is 17.0 Å². The summed E-state index contributed by atoms with van der Waals surface area (Å²) in [5.74, 6) is 1.77. The van der Waals surface area contributed by atoms with Gasteiger partial charge in [0.05, 0.1) is 0 Å². The van der Waals surface area contributed by atoms with Crippen LogP contribution in [-0.4, -0.2) is 35.5 Å². The predicted octanol–water partition coefficient (Wildman–Crippen LogP) is 1.99. The number of benzene rings is 1. The summed E-state index contributed by atoms with van der Waals surface area (Å²) in [6.45, 7) is 5.43. The zero-order chi connectivity index (χ0) is 14.8. The number of rotatable bonds is 6. The van der Waals surface area contributed by atoms with E-state index in [4.69, 9.17) is 0 Å². The lowest BCUT2D eigenvalue weighted by molar-refractivity contribution is -0.138. The van der Waals surface area contributed by atoms with Crippen molar-refractivity contribution in [3.05, 3.63) is 29.8 Å². The van der Waals surface area contributed by atoms with Crippen molar-refractivity contribution in [1.82, 2.24) is 10.2 Å². The smallest absolute Gasteiger partial charge is 0.226 e. The van der Waals surface area contributed by atoms with Crippen LogP contribution < -0.4 is 5.32 Å². The monoisotopic (exact) mass is 288 g/mol. The molecule has 2 aliphatic rings. The summed E-state index contributed by atoms with van der Waals surface area (Å²) in [5, 5.41) is 12.8.